The largest absolute Gasteiger partial charge is 0.376 e. The highest BCUT2D eigenvalue weighted by Gasteiger charge is 2.40. The molecule has 0 spiro atoms. The van der Waals surface area contributed by atoms with Crippen molar-refractivity contribution < 1.29 is 9.90 Å². The van der Waals surface area contributed by atoms with Crippen molar-refractivity contribution in [3.8, 4) is 0 Å². The minimum atomic E-state index is -0.647. The van der Waals surface area contributed by atoms with Gasteiger partial charge in [0, 0.05) is 24.4 Å². The molecular formula is C22H39ClN2O2. The third kappa shape index (κ3) is 6.20. The number of nitrogens with zero attached hydrogens (tertiary/aromatic N) is 1. The maximum atomic E-state index is 12.4. The van der Waals surface area contributed by atoms with E-state index in [-0.39, 0.29) is 28.7 Å². The Balaban J connectivity index is 1.88. The summed E-state index contributed by atoms with van der Waals surface area (Å²) in [4.78, 5) is 14.5. The molecule has 2 aliphatic rings. The number of hydrogen-bond acceptors (Lipinski definition) is 3. The van der Waals surface area contributed by atoms with E-state index in [1.165, 1.54) is 5.57 Å². The molecule has 2 rings (SSSR count). The van der Waals surface area contributed by atoms with Crippen molar-refractivity contribution in [1.82, 2.24) is 10.2 Å². The summed E-state index contributed by atoms with van der Waals surface area (Å²) in [6, 6.07) is -0.259. The predicted octanol–water partition coefficient (Wildman–Crippen LogP) is 4.31. The first-order valence-electron chi connectivity index (χ1n) is 10.7. The van der Waals surface area contributed by atoms with Crippen LogP contribution in [0.5, 0.6) is 0 Å². The molecule has 0 bridgehead atoms. The standard InChI is InChI=1S/C22H39ClN2O2/c1-15(10-11-16(2)23)19-12-13-25(14-22(19,4)5)21(27)17(3)24-20(26)18-8-6-7-9-18/h16-19,21,27H,1,6-14H2,2-5H3,(H,24,26)/t16?,17-,19?,21?/m1/s1. The number of carbonyl (C=O) groups excluding carboxylic acids is 1. The van der Waals surface area contributed by atoms with Gasteiger partial charge in [-0.05, 0) is 57.3 Å². The van der Waals surface area contributed by atoms with Gasteiger partial charge in [0.05, 0.1) is 6.04 Å². The third-order valence-corrected chi connectivity index (χ3v) is 6.75. The number of nitrogens with one attached hydrogen (secondary N) is 1. The summed E-state index contributed by atoms with van der Waals surface area (Å²) in [6.07, 6.45) is 6.52. The van der Waals surface area contributed by atoms with Crippen LogP contribution in [0.3, 0.4) is 0 Å². The molecule has 1 amide bonds. The predicted molar refractivity (Wildman–Crippen MR) is 113 cm³/mol. The Morgan fingerprint density at radius 3 is 2.48 bits per heavy atom. The number of allylic oxidation sites excluding steroid dienone is 1. The van der Waals surface area contributed by atoms with Crippen LogP contribution in [-0.2, 0) is 4.79 Å². The second kappa shape index (κ2) is 9.76. The van der Waals surface area contributed by atoms with Gasteiger partial charge in [-0.3, -0.25) is 9.69 Å². The minimum absolute atomic E-state index is 0.0427. The van der Waals surface area contributed by atoms with E-state index in [9.17, 15) is 9.90 Å². The molecule has 156 valence electrons. The smallest absolute Gasteiger partial charge is 0.223 e. The van der Waals surface area contributed by atoms with Gasteiger partial charge in [-0.1, -0.05) is 38.8 Å². The highest BCUT2D eigenvalue weighted by Crippen LogP contribution is 2.41. The molecule has 3 unspecified atom stereocenters. The van der Waals surface area contributed by atoms with E-state index in [1.807, 2.05) is 13.8 Å². The van der Waals surface area contributed by atoms with Gasteiger partial charge in [0.1, 0.15) is 6.23 Å². The fourth-order valence-electron chi connectivity index (χ4n) is 4.86. The van der Waals surface area contributed by atoms with Crippen LogP contribution >= 0.6 is 11.6 Å². The molecule has 0 aromatic rings. The Labute approximate surface area is 170 Å². The molecule has 4 atom stereocenters. The molecule has 4 nitrogen and oxygen atoms in total. The van der Waals surface area contributed by atoms with Gasteiger partial charge in [-0.25, -0.2) is 0 Å². The van der Waals surface area contributed by atoms with Crippen molar-refractivity contribution in [3.05, 3.63) is 12.2 Å². The zero-order valence-corrected chi connectivity index (χ0v) is 18.4. The Kier molecular flexibility index (Phi) is 8.20. The average molecular weight is 399 g/mol. The molecule has 0 aromatic heterocycles. The van der Waals surface area contributed by atoms with E-state index in [0.717, 1.165) is 58.0 Å². The Morgan fingerprint density at radius 1 is 1.30 bits per heavy atom. The van der Waals surface area contributed by atoms with Gasteiger partial charge < -0.3 is 10.4 Å². The first-order chi connectivity index (χ1) is 12.6. The zero-order valence-electron chi connectivity index (χ0n) is 17.6. The lowest BCUT2D eigenvalue weighted by Gasteiger charge is -2.47. The Bertz CT molecular complexity index is 514. The molecule has 2 fully saturated rings. The molecule has 1 saturated carbocycles. The highest BCUT2D eigenvalue weighted by molar-refractivity contribution is 6.20. The van der Waals surface area contributed by atoms with E-state index >= 15 is 0 Å². The van der Waals surface area contributed by atoms with E-state index in [1.54, 1.807) is 0 Å². The summed E-state index contributed by atoms with van der Waals surface area (Å²) < 4.78 is 0. The number of hydrogen-bond donors (Lipinski definition) is 2. The van der Waals surface area contributed by atoms with Crippen LogP contribution in [0.1, 0.15) is 72.6 Å². The van der Waals surface area contributed by atoms with E-state index in [2.05, 4.69) is 30.6 Å². The number of aliphatic hydroxyl groups excluding tert-OH is 1. The summed E-state index contributed by atoms with van der Waals surface area (Å²) in [5.41, 5.74) is 1.32. The Hall–Kier alpha value is -0.580. The topological polar surface area (TPSA) is 52.6 Å². The third-order valence-electron chi connectivity index (χ3n) is 6.53. The molecule has 1 heterocycles. The van der Waals surface area contributed by atoms with Gasteiger partial charge in [-0.2, -0.15) is 0 Å². The molecule has 1 aliphatic carbocycles. The average Bonchev–Trinajstić information content (AvgIpc) is 3.12. The SMILES string of the molecule is C=C(CCC(C)Cl)C1CCN(C(O)[C@@H](C)NC(=O)C2CCCC2)CC1(C)C. The molecule has 0 aromatic carbocycles. The summed E-state index contributed by atoms with van der Waals surface area (Å²) in [6.45, 7) is 14.4. The second-order valence-electron chi connectivity index (χ2n) is 9.47. The van der Waals surface area contributed by atoms with Crippen molar-refractivity contribution in [3.63, 3.8) is 0 Å². The lowest BCUT2D eigenvalue weighted by molar-refractivity contribution is -0.128. The molecule has 1 aliphatic heterocycles. The van der Waals surface area contributed by atoms with Crippen LogP contribution in [-0.4, -0.2) is 46.6 Å². The molecular weight excluding hydrogens is 360 g/mol. The molecule has 5 heteroatoms. The molecule has 27 heavy (non-hydrogen) atoms. The highest BCUT2D eigenvalue weighted by atomic mass is 35.5. The number of amides is 1. The number of likely N-dealkylation sites (tertiary alicyclic amines) is 1. The van der Waals surface area contributed by atoms with Crippen LogP contribution < -0.4 is 5.32 Å². The van der Waals surface area contributed by atoms with E-state index in [0.29, 0.717) is 5.92 Å². The van der Waals surface area contributed by atoms with Gasteiger partial charge in [0.15, 0.2) is 0 Å². The van der Waals surface area contributed by atoms with Crippen molar-refractivity contribution in [2.24, 2.45) is 17.3 Å². The van der Waals surface area contributed by atoms with Crippen molar-refractivity contribution in [2.45, 2.75) is 90.3 Å². The number of halogens is 1. The van der Waals surface area contributed by atoms with E-state index in [4.69, 9.17) is 11.6 Å². The fourth-order valence-corrected chi connectivity index (χ4v) is 4.97. The van der Waals surface area contributed by atoms with Crippen LogP contribution in [0.2, 0.25) is 0 Å². The molecule has 2 N–H and O–H groups in total. The van der Waals surface area contributed by atoms with Gasteiger partial charge in [0.25, 0.3) is 0 Å². The quantitative estimate of drug-likeness (QED) is 0.473. The van der Waals surface area contributed by atoms with Crippen molar-refractivity contribution >= 4 is 17.5 Å². The van der Waals surface area contributed by atoms with Gasteiger partial charge in [0.2, 0.25) is 5.91 Å². The molecule has 1 saturated heterocycles. The van der Waals surface area contributed by atoms with Crippen LogP contribution in [0.15, 0.2) is 12.2 Å². The first-order valence-corrected chi connectivity index (χ1v) is 11.1. The maximum Gasteiger partial charge on any atom is 0.223 e. The number of piperidine rings is 1. The summed E-state index contributed by atoms with van der Waals surface area (Å²) in [5.74, 6) is 0.686. The zero-order chi connectivity index (χ0) is 20.2. The number of aliphatic hydroxyl groups is 1. The van der Waals surface area contributed by atoms with Crippen LogP contribution in [0, 0.1) is 17.3 Å². The van der Waals surface area contributed by atoms with Crippen molar-refractivity contribution in [2.75, 3.05) is 13.1 Å². The lowest BCUT2D eigenvalue weighted by Crippen LogP contribution is -2.57. The summed E-state index contributed by atoms with van der Waals surface area (Å²) in [7, 11) is 0. The number of carbonyl (C=O) groups is 1. The monoisotopic (exact) mass is 398 g/mol. The van der Waals surface area contributed by atoms with E-state index < -0.39 is 6.23 Å². The molecule has 0 radical (unpaired) electrons. The van der Waals surface area contributed by atoms with Crippen LogP contribution in [0.4, 0.5) is 0 Å². The fraction of sp³-hybridized carbons (Fsp3) is 0.864. The second-order valence-corrected chi connectivity index (χ2v) is 10.2. The lowest BCUT2D eigenvalue weighted by atomic mass is 9.69. The van der Waals surface area contributed by atoms with Gasteiger partial charge >= 0.3 is 0 Å². The Morgan fingerprint density at radius 2 is 1.93 bits per heavy atom. The number of rotatable bonds is 8. The minimum Gasteiger partial charge on any atom is -0.376 e. The van der Waals surface area contributed by atoms with Gasteiger partial charge in [-0.15, -0.1) is 11.6 Å². The number of alkyl halides is 1. The van der Waals surface area contributed by atoms with Crippen molar-refractivity contribution in [1.29, 1.82) is 0 Å². The first kappa shape index (κ1) is 22.7. The summed E-state index contributed by atoms with van der Waals surface area (Å²) in [5, 5.41) is 14.1. The normalized spacial score (nSPS) is 27.1. The van der Waals surface area contributed by atoms with Crippen LogP contribution in [0.25, 0.3) is 0 Å². The summed E-state index contributed by atoms with van der Waals surface area (Å²) >= 11 is 6.10. The maximum absolute atomic E-state index is 12.4.